The fourth-order valence-corrected chi connectivity index (χ4v) is 5.02. The second-order valence-corrected chi connectivity index (χ2v) is 9.43. The molecule has 9 nitrogen and oxygen atoms in total. The van der Waals surface area contributed by atoms with Crippen LogP contribution < -0.4 is 20.5 Å². The van der Waals surface area contributed by atoms with Gasteiger partial charge in [0.05, 0.1) is 0 Å². The second kappa shape index (κ2) is 9.58. The van der Waals surface area contributed by atoms with Crippen LogP contribution in [0.25, 0.3) is 0 Å². The van der Waals surface area contributed by atoms with Crippen molar-refractivity contribution in [3.8, 4) is 11.5 Å². The van der Waals surface area contributed by atoms with Crippen molar-refractivity contribution in [2.75, 3.05) is 19.9 Å². The Labute approximate surface area is 204 Å². The third kappa shape index (κ3) is 4.68. The zero-order chi connectivity index (χ0) is 24.5. The molecule has 1 saturated heterocycles. The molecule has 2 aromatic carbocycles. The molecule has 2 aliphatic heterocycles. The summed E-state index contributed by atoms with van der Waals surface area (Å²) in [6.07, 6.45) is 2.18. The molecule has 2 heterocycles. The van der Waals surface area contributed by atoms with Gasteiger partial charge in [0.15, 0.2) is 17.7 Å². The van der Waals surface area contributed by atoms with Crippen LogP contribution in [0.15, 0.2) is 42.5 Å². The SMILES string of the molecule is Cc1cccc(C(=O)N2CCN(C(=O)c3ccc4c(c3)OCO4)C2C(=O)NC2CCC(N)CC2)c1. The van der Waals surface area contributed by atoms with Gasteiger partial charge in [-0.15, -0.1) is 0 Å². The number of carbonyl (C=O) groups is 3. The first-order chi connectivity index (χ1) is 16.9. The first-order valence-electron chi connectivity index (χ1n) is 12.0. The van der Waals surface area contributed by atoms with Crippen LogP contribution in [-0.4, -0.2) is 65.7 Å². The van der Waals surface area contributed by atoms with Gasteiger partial charge in [0, 0.05) is 36.3 Å². The molecular formula is C26H30N4O5. The third-order valence-corrected chi connectivity index (χ3v) is 6.93. The summed E-state index contributed by atoms with van der Waals surface area (Å²) in [6.45, 7) is 2.52. The Hall–Kier alpha value is -3.59. The monoisotopic (exact) mass is 478 g/mol. The minimum Gasteiger partial charge on any atom is -0.454 e. The molecule has 9 heteroatoms. The van der Waals surface area contributed by atoms with Crippen LogP contribution in [-0.2, 0) is 4.79 Å². The number of amides is 3. The van der Waals surface area contributed by atoms with E-state index in [2.05, 4.69) is 5.32 Å². The summed E-state index contributed by atoms with van der Waals surface area (Å²) in [5, 5.41) is 3.08. The summed E-state index contributed by atoms with van der Waals surface area (Å²) >= 11 is 0. The Kier molecular flexibility index (Phi) is 6.34. The van der Waals surface area contributed by atoms with Crippen molar-refractivity contribution in [1.29, 1.82) is 0 Å². The van der Waals surface area contributed by atoms with E-state index in [-0.39, 0.29) is 49.7 Å². The molecule has 1 saturated carbocycles. The molecule has 1 atom stereocenters. The van der Waals surface area contributed by atoms with Crippen LogP contribution in [0.3, 0.4) is 0 Å². The van der Waals surface area contributed by atoms with Crippen molar-refractivity contribution >= 4 is 17.7 Å². The van der Waals surface area contributed by atoms with Crippen LogP contribution in [0.5, 0.6) is 11.5 Å². The van der Waals surface area contributed by atoms with E-state index >= 15 is 0 Å². The molecule has 1 aliphatic carbocycles. The van der Waals surface area contributed by atoms with Crippen molar-refractivity contribution < 1.29 is 23.9 Å². The third-order valence-electron chi connectivity index (χ3n) is 6.93. The van der Waals surface area contributed by atoms with Crippen LogP contribution >= 0.6 is 0 Å². The molecule has 0 aromatic heterocycles. The average Bonchev–Trinajstić information content (AvgIpc) is 3.51. The van der Waals surface area contributed by atoms with Gasteiger partial charge in [0.1, 0.15) is 0 Å². The van der Waals surface area contributed by atoms with Crippen LogP contribution in [0.2, 0.25) is 0 Å². The van der Waals surface area contributed by atoms with Gasteiger partial charge in [-0.2, -0.15) is 0 Å². The standard InChI is InChI=1S/C26H30N4O5/c1-16-3-2-4-17(13-16)25(32)29-11-12-30(24(29)23(31)28-20-8-6-19(27)7-9-20)26(33)18-5-10-21-22(14-18)35-15-34-21/h2-5,10,13-14,19-20,24H,6-9,11-12,15,27H2,1H3,(H,28,31). The lowest BCUT2D eigenvalue weighted by Gasteiger charge is -2.33. The first kappa shape index (κ1) is 23.2. The summed E-state index contributed by atoms with van der Waals surface area (Å²) in [7, 11) is 0. The number of nitrogens with two attached hydrogens (primary N) is 1. The maximum atomic E-state index is 13.6. The average molecular weight is 479 g/mol. The van der Waals surface area contributed by atoms with Gasteiger partial charge in [-0.3, -0.25) is 14.4 Å². The minimum atomic E-state index is -1.04. The molecule has 2 fully saturated rings. The maximum Gasteiger partial charge on any atom is 0.264 e. The number of hydrogen-bond donors (Lipinski definition) is 2. The highest BCUT2D eigenvalue weighted by Crippen LogP contribution is 2.33. The number of carbonyl (C=O) groups excluding carboxylic acids is 3. The fourth-order valence-electron chi connectivity index (χ4n) is 5.02. The summed E-state index contributed by atoms with van der Waals surface area (Å²) in [5.74, 6) is 0.0959. The maximum absolute atomic E-state index is 13.6. The molecule has 5 rings (SSSR count). The van der Waals surface area contributed by atoms with E-state index in [1.54, 1.807) is 30.3 Å². The lowest BCUT2D eigenvalue weighted by atomic mass is 9.92. The number of hydrogen-bond acceptors (Lipinski definition) is 6. The number of ether oxygens (including phenoxy) is 2. The second-order valence-electron chi connectivity index (χ2n) is 9.43. The predicted octanol–water partition coefficient (Wildman–Crippen LogP) is 2.03. The summed E-state index contributed by atoms with van der Waals surface area (Å²) in [5.41, 5.74) is 7.83. The molecule has 2 aromatic rings. The van der Waals surface area contributed by atoms with E-state index in [0.29, 0.717) is 22.6 Å². The zero-order valence-corrected chi connectivity index (χ0v) is 19.7. The van der Waals surface area contributed by atoms with E-state index in [1.165, 1.54) is 9.80 Å². The number of nitrogens with zero attached hydrogens (tertiary/aromatic N) is 2. The molecule has 0 bridgehead atoms. The zero-order valence-electron chi connectivity index (χ0n) is 19.7. The van der Waals surface area contributed by atoms with Gasteiger partial charge in [-0.25, -0.2) is 0 Å². The van der Waals surface area contributed by atoms with Crippen molar-refractivity contribution in [2.45, 2.75) is 50.9 Å². The number of benzene rings is 2. The van der Waals surface area contributed by atoms with Gasteiger partial charge < -0.3 is 30.3 Å². The van der Waals surface area contributed by atoms with E-state index in [4.69, 9.17) is 15.2 Å². The Morgan fingerprint density at radius 1 is 0.886 bits per heavy atom. The van der Waals surface area contributed by atoms with Crippen molar-refractivity contribution in [3.63, 3.8) is 0 Å². The van der Waals surface area contributed by atoms with E-state index in [1.807, 2.05) is 19.1 Å². The smallest absolute Gasteiger partial charge is 0.264 e. The van der Waals surface area contributed by atoms with Gasteiger partial charge in [-0.1, -0.05) is 17.7 Å². The van der Waals surface area contributed by atoms with Crippen molar-refractivity contribution in [1.82, 2.24) is 15.1 Å². The molecule has 184 valence electrons. The van der Waals surface area contributed by atoms with Gasteiger partial charge in [0.2, 0.25) is 6.79 Å². The molecule has 3 N–H and O–H groups in total. The predicted molar refractivity (Wildman–Crippen MR) is 128 cm³/mol. The fraction of sp³-hybridized carbons (Fsp3) is 0.423. The summed E-state index contributed by atoms with van der Waals surface area (Å²) in [4.78, 5) is 43.5. The highest BCUT2D eigenvalue weighted by molar-refractivity contribution is 6.02. The Morgan fingerprint density at radius 3 is 2.23 bits per heavy atom. The highest BCUT2D eigenvalue weighted by atomic mass is 16.7. The summed E-state index contributed by atoms with van der Waals surface area (Å²) < 4.78 is 10.8. The largest absolute Gasteiger partial charge is 0.454 e. The lowest BCUT2D eigenvalue weighted by molar-refractivity contribution is -0.129. The molecule has 3 aliphatic rings. The Bertz CT molecular complexity index is 1140. The quantitative estimate of drug-likeness (QED) is 0.695. The summed E-state index contributed by atoms with van der Waals surface area (Å²) in [6, 6.07) is 12.3. The van der Waals surface area contributed by atoms with E-state index < -0.39 is 6.17 Å². The molecular weight excluding hydrogens is 448 g/mol. The molecule has 0 spiro atoms. The minimum absolute atomic E-state index is 0.0266. The molecule has 1 unspecified atom stereocenters. The molecule has 35 heavy (non-hydrogen) atoms. The number of rotatable bonds is 4. The van der Waals surface area contributed by atoms with Gasteiger partial charge >= 0.3 is 0 Å². The molecule has 3 amide bonds. The van der Waals surface area contributed by atoms with Crippen LogP contribution in [0.1, 0.15) is 52.0 Å². The highest BCUT2D eigenvalue weighted by Gasteiger charge is 2.44. The van der Waals surface area contributed by atoms with E-state index in [0.717, 1.165) is 31.2 Å². The van der Waals surface area contributed by atoms with Crippen molar-refractivity contribution in [3.05, 3.63) is 59.2 Å². The lowest BCUT2D eigenvalue weighted by Crippen LogP contribution is -2.56. The van der Waals surface area contributed by atoms with Crippen LogP contribution in [0.4, 0.5) is 0 Å². The first-order valence-corrected chi connectivity index (χ1v) is 12.0. The number of fused-ring (bicyclic) bond motifs is 1. The topological polar surface area (TPSA) is 114 Å². The van der Waals surface area contributed by atoms with Gasteiger partial charge in [0.25, 0.3) is 17.7 Å². The van der Waals surface area contributed by atoms with Crippen LogP contribution in [0, 0.1) is 6.92 Å². The molecule has 0 radical (unpaired) electrons. The normalized spacial score (nSPS) is 23.3. The van der Waals surface area contributed by atoms with E-state index in [9.17, 15) is 14.4 Å². The number of aryl methyl sites for hydroxylation is 1. The van der Waals surface area contributed by atoms with Crippen molar-refractivity contribution in [2.24, 2.45) is 5.73 Å². The van der Waals surface area contributed by atoms with Gasteiger partial charge in [-0.05, 0) is 62.9 Å². The Morgan fingerprint density at radius 2 is 1.54 bits per heavy atom. The number of nitrogens with one attached hydrogen (secondary N) is 1. The Balaban J connectivity index is 1.41.